The first-order valence-electron chi connectivity index (χ1n) is 6.07. The quantitative estimate of drug-likeness (QED) is 0.831. The predicted molar refractivity (Wildman–Crippen MR) is 73.7 cm³/mol. The van der Waals surface area contributed by atoms with E-state index >= 15 is 0 Å². The first-order chi connectivity index (χ1) is 8.66. The first kappa shape index (κ1) is 13.0. The Bertz CT molecular complexity index is 474. The number of aliphatic imine (C=N–C) groups is 1. The first-order valence-corrected chi connectivity index (χ1v) is 6.45. The van der Waals surface area contributed by atoms with Gasteiger partial charge < -0.3 is 5.73 Å². The zero-order valence-corrected chi connectivity index (χ0v) is 11.2. The normalized spacial score (nSPS) is 17.0. The molecule has 0 amide bonds. The van der Waals surface area contributed by atoms with Crippen LogP contribution in [-0.2, 0) is 6.42 Å². The maximum absolute atomic E-state index is 5.99. The second-order valence-electron chi connectivity index (χ2n) is 4.62. The van der Waals surface area contributed by atoms with Crippen molar-refractivity contribution in [3.05, 3.63) is 34.5 Å². The van der Waals surface area contributed by atoms with Gasteiger partial charge in [0.05, 0.1) is 5.69 Å². The minimum absolute atomic E-state index is 0.423. The molecule has 0 bridgehead atoms. The van der Waals surface area contributed by atoms with Crippen molar-refractivity contribution in [3.8, 4) is 0 Å². The number of aromatic nitrogens is 2. The van der Waals surface area contributed by atoms with Crippen molar-refractivity contribution in [1.82, 2.24) is 9.97 Å². The van der Waals surface area contributed by atoms with E-state index in [2.05, 4.69) is 15.0 Å². The molecule has 0 unspecified atom stereocenters. The molecule has 0 aliphatic heterocycles. The molecular weight excluding hydrogens is 248 g/mol. The van der Waals surface area contributed by atoms with Gasteiger partial charge in [-0.05, 0) is 31.3 Å². The average Bonchev–Trinajstić information content (AvgIpc) is 3.14. The van der Waals surface area contributed by atoms with E-state index in [1.54, 1.807) is 12.4 Å². The largest absolute Gasteiger partial charge is 0.402 e. The molecule has 4 nitrogen and oxygen atoms in total. The summed E-state index contributed by atoms with van der Waals surface area (Å²) < 4.78 is 0. The minimum atomic E-state index is 0.423. The molecule has 1 aromatic rings. The second-order valence-corrected chi connectivity index (χ2v) is 4.97. The Balaban J connectivity index is 2.04. The summed E-state index contributed by atoms with van der Waals surface area (Å²) in [6.45, 7) is 2.76. The highest BCUT2D eigenvalue weighted by Gasteiger charge is 2.19. The fourth-order valence-electron chi connectivity index (χ4n) is 1.55. The van der Waals surface area contributed by atoms with E-state index in [1.807, 2.05) is 13.1 Å². The van der Waals surface area contributed by atoms with Crippen molar-refractivity contribution < 1.29 is 0 Å². The molecule has 1 aliphatic carbocycles. The van der Waals surface area contributed by atoms with Crippen molar-refractivity contribution in [1.29, 1.82) is 0 Å². The number of hydrogen-bond acceptors (Lipinski definition) is 4. The molecule has 1 saturated carbocycles. The molecule has 1 aromatic heterocycles. The number of allylic oxidation sites excluding steroid dienone is 2. The zero-order valence-electron chi connectivity index (χ0n) is 10.4. The van der Waals surface area contributed by atoms with Crippen molar-refractivity contribution in [2.45, 2.75) is 26.2 Å². The predicted octanol–water partition coefficient (Wildman–Crippen LogP) is 2.39. The lowest BCUT2D eigenvalue weighted by Crippen LogP contribution is -2.05. The number of hydrogen-bond donors (Lipinski definition) is 1. The fourth-order valence-corrected chi connectivity index (χ4v) is 1.72. The summed E-state index contributed by atoms with van der Waals surface area (Å²) in [5, 5.41) is 0.423. The minimum Gasteiger partial charge on any atom is -0.402 e. The third-order valence-corrected chi connectivity index (χ3v) is 3.21. The highest BCUT2D eigenvalue weighted by atomic mass is 35.5. The van der Waals surface area contributed by atoms with Crippen LogP contribution in [0.25, 0.3) is 0 Å². The topological polar surface area (TPSA) is 64.2 Å². The van der Waals surface area contributed by atoms with Gasteiger partial charge in [0, 0.05) is 37.3 Å². The van der Waals surface area contributed by atoms with Crippen LogP contribution in [-0.4, -0.2) is 22.7 Å². The molecule has 1 fully saturated rings. The van der Waals surface area contributed by atoms with E-state index < -0.39 is 0 Å². The molecule has 18 heavy (non-hydrogen) atoms. The second kappa shape index (κ2) is 5.96. The van der Waals surface area contributed by atoms with Crippen molar-refractivity contribution >= 4 is 17.8 Å². The Hall–Kier alpha value is -1.42. The van der Waals surface area contributed by atoms with E-state index in [9.17, 15) is 0 Å². The molecule has 0 atom stereocenters. The Kier molecular flexibility index (Phi) is 4.31. The third kappa shape index (κ3) is 3.81. The maximum atomic E-state index is 5.99. The maximum Gasteiger partial charge on any atom is 0.150 e. The summed E-state index contributed by atoms with van der Waals surface area (Å²) in [5.74, 6) is 0.778. The van der Waals surface area contributed by atoms with Crippen LogP contribution < -0.4 is 5.73 Å². The van der Waals surface area contributed by atoms with Crippen LogP contribution in [0.5, 0.6) is 0 Å². The van der Waals surface area contributed by atoms with E-state index in [4.69, 9.17) is 17.3 Å². The van der Waals surface area contributed by atoms with Crippen LogP contribution >= 0.6 is 11.6 Å². The van der Waals surface area contributed by atoms with E-state index in [-0.39, 0.29) is 0 Å². The summed E-state index contributed by atoms with van der Waals surface area (Å²) in [6, 6.07) is 0. The van der Waals surface area contributed by atoms with Gasteiger partial charge in [0.2, 0.25) is 0 Å². The third-order valence-electron chi connectivity index (χ3n) is 2.90. The molecule has 1 heterocycles. The number of nitrogens with two attached hydrogens (primary N) is 1. The monoisotopic (exact) mass is 264 g/mol. The van der Waals surface area contributed by atoms with Gasteiger partial charge in [-0.3, -0.25) is 9.98 Å². The molecule has 2 N–H and O–H groups in total. The van der Waals surface area contributed by atoms with Crippen molar-refractivity contribution in [3.63, 3.8) is 0 Å². The van der Waals surface area contributed by atoms with Gasteiger partial charge in [-0.25, -0.2) is 4.98 Å². The van der Waals surface area contributed by atoms with Crippen molar-refractivity contribution in [2.75, 3.05) is 6.54 Å². The smallest absolute Gasteiger partial charge is 0.150 e. The Morgan fingerprint density at radius 2 is 2.22 bits per heavy atom. The summed E-state index contributed by atoms with van der Waals surface area (Å²) >= 11 is 5.99. The van der Waals surface area contributed by atoms with Gasteiger partial charge in [0.1, 0.15) is 0 Å². The SMILES string of the molecule is CC(N)=C(C=NCC1CC1)Cc1nccnc1Cl. The van der Waals surface area contributed by atoms with Crippen LogP contribution in [0.2, 0.25) is 5.15 Å². The summed E-state index contributed by atoms with van der Waals surface area (Å²) in [5.41, 5.74) is 8.30. The number of nitrogens with zero attached hydrogens (tertiary/aromatic N) is 3. The number of halogens is 1. The lowest BCUT2D eigenvalue weighted by atomic mass is 10.1. The molecule has 2 rings (SSSR count). The molecule has 96 valence electrons. The van der Waals surface area contributed by atoms with E-state index in [0.717, 1.165) is 29.4 Å². The van der Waals surface area contributed by atoms with Crippen LogP contribution in [0.15, 0.2) is 28.7 Å². The highest BCUT2D eigenvalue weighted by molar-refractivity contribution is 6.30. The van der Waals surface area contributed by atoms with Crippen LogP contribution in [0.4, 0.5) is 0 Å². The van der Waals surface area contributed by atoms with Gasteiger partial charge in [-0.15, -0.1) is 0 Å². The van der Waals surface area contributed by atoms with Crippen LogP contribution in [0.3, 0.4) is 0 Å². The van der Waals surface area contributed by atoms with Gasteiger partial charge in [-0.2, -0.15) is 0 Å². The highest BCUT2D eigenvalue weighted by Crippen LogP contribution is 2.28. The Labute approximate surface area is 112 Å². The van der Waals surface area contributed by atoms with Gasteiger partial charge in [-0.1, -0.05) is 11.6 Å². The molecule has 1 aliphatic rings. The molecule has 0 spiro atoms. The van der Waals surface area contributed by atoms with E-state index in [0.29, 0.717) is 11.6 Å². The summed E-state index contributed by atoms with van der Waals surface area (Å²) in [6.07, 6.45) is 8.22. The summed E-state index contributed by atoms with van der Waals surface area (Å²) in [7, 11) is 0. The Morgan fingerprint density at radius 1 is 1.50 bits per heavy atom. The van der Waals surface area contributed by atoms with Gasteiger partial charge in [0.25, 0.3) is 0 Å². The van der Waals surface area contributed by atoms with Gasteiger partial charge >= 0.3 is 0 Å². The van der Waals surface area contributed by atoms with Crippen molar-refractivity contribution in [2.24, 2.45) is 16.6 Å². The molecular formula is C13H17ClN4. The molecule has 5 heteroatoms. The van der Waals surface area contributed by atoms with Crippen LogP contribution in [0.1, 0.15) is 25.5 Å². The molecule has 0 radical (unpaired) electrons. The number of rotatable bonds is 5. The standard InChI is InChI=1S/C13H17ClN4/c1-9(15)11(8-16-7-10-2-3-10)6-12-13(14)18-5-4-17-12/h4-5,8,10H,2-3,6-7,15H2,1H3. The van der Waals surface area contributed by atoms with Gasteiger partial charge in [0.15, 0.2) is 5.15 Å². The fraction of sp³-hybridized carbons (Fsp3) is 0.462. The average molecular weight is 265 g/mol. The Morgan fingerprint density at radius 3 is 2.83 bits per heavy atom. The molecule has 0 saturated heterocycles. The van der Waals surface area contributed by atoms with Crippen LogP contribution in [0, 0.1) is 5.92 Å². The lowest BCUT2D eigenvalue weighted by molar-refractivity contribution is 0.850. The lowest BCUT2D eigenvalue weighted by Gasteiger charge is -2.05. The summed E-state index contributed by atoms with van der Waals surface area (Å²) in [4.78, 5) is 12.6. The molecule has 0 aromatic carbocycles. The van der Waals surface area contributed by atoms with E-state index in [1.165, 1.54) is 12.8 Å². The zero-order chi connectivity index (χ0) is 13.0.